The maximum atomic E-state index is 12.0. The number of aromatic nitrogens is 3. The van der Waals surface area contributed by atoms with E-state index in [9.17, 15) is 15.0 Å². The summed E-state index contributed by atoms with van der Waals surface area (Å²) < 4.78 is 18.2. The summed E-state index contributed by atoms with van der Waals surface area (Å²) in [6, 6.07) is 8.61. The third-order valence-electron chi connectivity index (χ3n) is 4.62. The van der Waals surface area contributed by atoms with Gasteiger partial charge in [0.15, 0.2) is 22.5 Å². The minimum atomic E-state index is -1.11. The molecular formula is C22H22IN3O6S. The van der Waals surface area contributed by atoms with Crippen molar-refractivity contribution >= 4 is 46.4 Å². The first kappa shape index (κ1) is 24.7. The van der Waals surface area contributed by atoms with Gasteiger partial charge in [0, 0.05) is 18.2 Å². The zero-order chi connectivity index (χ0) is 24.1. The number of phenols is 1. The molecule has 0 radical (unpaired) electrons. The number of rotatable bonds is 9. The molecule has 2 aromatic carbocycles. The lowest BCUT2D eigenvalue weighted by molar-refractivity contribution is -0.131. The van der Waals surface area contributed by atoms with E-state index in [-0.39, 0.29) is 16.4 Å². The molecule has 0 fully saturated rings. The second kappa shape index (κ2) is 10.8. The molecule has 0 spiro atoms. The van der Waals surface area contributed by atoms with Gasteiger partial charge in [-0.15, -0.1) is 10.2 Å². The van der Waals surface area contributed by atoms with E-state index in [0.29, 0.717) is 38.2 Å². The van der Waals surface area contributed by atoms with E-state index < -0.39 is 5.97 Å². The second-order valence-corrected chi connectivity index (χ2v) is 8.79. The number of halogens is 1. The number of aliphatic carboxylic acids is 1. The SMILES string of the molecule is CCn1c(S/C(=C\c2cc(I)c(O)c(OC)c2)C(=O)O)nnc1-c1cc(OC)cc(OC)c1. The first-order valence-electron chi connectivity index (χ1n) is 9.67. The molecule has 33 heavy (non-hydrogen) atoms. The standard InChI is InChI=1S/C22H22IN3O6S/c1-5-26-20(13-9-14(30-2)11-15(10-13)31-3)24-25-22(26)33-18(21(28)29)8-12-6-16(23)19(27)17(7-12)32-4/h6-11,27H,5H2,1-4H3,(H,28,29)/b18-8-. The fraction of sp³-hybridized carbons (Fsp3) is 0.227. The highest BCUT2D eigenvalue weighted by atomic mass is 127. The van der Waals surface area contributed by atoms with Crippen LogP contribution in [0, 0.1) is 3.57 Å². The lowest BCUT2D eigenvalue weighted by atomic mass is 10.2. The number of ether oxygens (including phenoxy) is 3. The molecule has 2 N–H and O–H groups in total. The highest BCUT2D eigenvalue weighted by Crippen LogP contribution is 2.36. The summed E-state index contributed by atoms with van der Waals surface area (Å²) in [7, 11) is 4.56. The van der Waals surface area contributed by atoms with E-state index in [1.165, 1.54) is 13.2 Å². The Bertz CT molecular complexity index is 1190. The van der Waals surface area contributed by atoms with Crippen LogP contribution in [-0.4, -0.2) is 52.3 Å². The third kappa shape index (κ3) is 5.53. The molecule has 1 heterocycles. The Kier molecular flexibility index (Phi) is 8.08. The average molecular weight is 583 g/mol. The molecule has 0 aliphatic heterocycles. The van der Waals surface area contributed by atoms with Crippen LogP contribution in [0.2, 0.25) is 0 Å². The van der Waals surface area contributed by atoms with Crippen LogP contribution in [0.1, 0.15) is 12.5 Å². The Morgan fingerprint density at radius 3 is 2.30 bits per heavy atom. The molecule has 0 aliphatic rings. The number of methoxy groups -OCH3 is 3. The van der Waals surface area contributed by atoms with Gasteiger partial charge < -0.3 is 29.0 Å². The van der Waals surface area contributed by atoms with E-state index in [1.807, 2.05) is 46.2 Å². The van der Waals surface area contributed by atoms with Crippen LogP contribution in [0.3, 0.4) is 0 Å². The number of carboxylic acids is 1. The first-order valence-corrected chi connectivity index (χ1v) is 11.6. The van der Waals surface area contributed by atoms with Gasteiger partial charge in [-0.3, -0.25) is 0 Å². The smallest absolute Gasteiger partial charge is 0.342 e. The van der Waals surface area contributed by atoms with Crippen LogP contribution in [0.5, 0.6) is 23.0 Å². The first-order chi connectivity index (χ1) is 15.8. The molecule has 0 aliphatic carbocycles. The molecule has 0 unspecified atom stereocenters. The maximum Gasteiger partial charge on any atom is 0.342 e. The molecule has 9 nitrogen and oxygen atoms in total. The summed E-state index contributed by atoms with van der Waals surface area (Å²) in [5.41, 5.74) is 1.30. The fourth-order valence-corrected chi connectivity index (χ4v) is 4.53. The summed E-state index contributed by atoms with van der Waals surface area (Å²) in [5, 5.41) is 28.8. The van der Waals surface area contributed by atoms with Crippen molar-refractivity contribution in [3.63, 3.8) is 0 Å². The van der Waals surface area contributed by atoms with Crippen LogP contribution in [0.25, 0.3) is 17.5 Å². The largest absolute Gasteiger partial charge is 0.504 e. The Morgan fingerprint density at radius 1 is 1.09 bits per heavy atom. The molecule has 0 amide bonds. The molecule has 174 valence electrons. The van der Waals surface area contributed by atoms with E-state index in [2.05, 4.69) is 10.2 Å². The molecular weight excluding hydrogens is 561 g/mol. The van der Waals surface area contributed by atoms with Gasteiger partial charge in [-0.1, -0.05) is 0 Å². The molecule has 3 aromatic rings. The second-order valence-electron chi connectivity index (χ2n) is 6.62. The fourth-order valence-electron chi connectivity index (χ4n) is 3.02. The van der Waals surface area contributed by atoms with Crippen LogP contribution in [-0.2, 0) is 11.3 Å². The van der Waals surface area contributed by atoms with E-state index in [0.717, 1.165) is 17.3 Å². The van der Waals surface area contributed by atoms with Crippen LogP contribution < -0.4 is 14.2 Å². The van der Waals surface area contributed by atoms with E-state index in [4.69, 9.17) is 14.2 Å². The zero-order valence-electron chi connectivity index (χ0n) is 18.3. The van der Waals surface area contributed by atoms with Crippen molar-refractivity contribution in [2.45, 2.75) is 18.6 Å². The Morgan fingerprint density at radius 2 is 1.76 bits per heavy atom. The van der Waals surface area contributed by atoms with Crippen molar-refractivity contribution in [2.24, 2.45) is 0 Å². The monoisotopic (exact) mass is 583 g/mol. The molecule has 0 saturated heterocycles. The Labute approximate surface area is 208 Å². The van der Waals surface area contributed by atoms with E-state index in [1.54, 1.807) is 32.4 Å². The minimum absolute atomic E-state index is 0.00358. The van der Waals surface area contributed by atoms with Gasteiger partial charge in [-0.2, -0.15) is 0 Å². The molecule has 11 heteroatoms. The third-order valence-corrected chi connectivity index (χ3v) is 6.44. The summed E-state index contributed by atoms with van der Waals surface area (Å²) in [5.74, 6) is 0.912. The average Bonchev–Trinajstić information content (AvgIpc) is 3.22. The lowest BCUT2D eigenvalue weighted by Gasteiger charge is -2.11. The summed E-state index contributed by atoms with van der Waals surface area (Å²) in [4.78, 5) is 12.0. The summed E-state index contributed by atoms with van der Waals surface area (Å²) in [6.07, 6.45) is 1.50. The van der Waals surface area contributed by atoms with E-state index >= 15 is 0 Å². The lowest BCUT2D eigenvalue weighted by Crippen LogP contribution is -2.03. The quantitative estimate of drug-likeness (QED) is 0.213. The van der Waals surface area contributed by atoms with Crippen LogP contribution in [0.15, 0.2) is 40.4 Å². The van der Waals surface area contributed by atoms with Gasteiger partial charge in [0.2, 0.25) is 0 Å². The number of benzene rings is 2. The van der Waals surface area contributed by atoms with Crippen molar-refractivity contribution in [3.8, 4) is 34.4 Å². The van der Waals surface area contributed by atoms with Gasteiger partial charge in [0.05, 0.1) is 24.9 Å². The van der Waals surface area contributed by atoms with Crippen LogP contribution in [0.4, 0.5) is 0 Å². The van der Waals surface area contributed by atoms with Gasteiger partial charge in [-0.05, 0) is 77.2 Å². The number of carboxylic acid groups (broad SMARTS) is 1. The topological polar surface area (TPSA) is 116 Å². The van der Waals surface area contributed by atoms with Gasteiger partial charge >= 0.3 is 5.97 Å². The number of aromatic hydroxyl groups is 1. The highest BCUT2D eigenvalue weighted by Gasteiger charge is 2.20. The molecule has 0 atom stereocenters. The number of nitrogens with zero attached hydrogens (tertiary/aromatic N) is 3. The molecule has 0 saturated carbocycles. The predicted octanol–water partition coefficient (Wildman–Crippen LogP) is 4.52. The van der Waals surface area contributed by atoms with Crippen molar-refractivity contribution < 1.29 is 29.2 Å². The predicted molar refractivity (Wildman–Crippen MR) is 133 cm³/mol. The number of thioether (sulfide) groups is 1. The summed E-state index contributed by atoms with van der Waals surface area (Å²) in [6.45, 7) is 2.44. The highest BCUT2D eigenvalue weighted by molar-refractivity contribution is 14.1. The van der Waals surface area contributed by atoms with Crippen molar-refractivity contribution in [2.75, 3.05) is 21.3 Å². The normalized spacial score (nSPS) is 11.4. The van der Waals surface area contributed by atoms with Gasteiger partial charge in [0.1, 0.15) is 16.4 Å². The number of carbonyl (C=O) groups is 1. The van der Waals surface area contributed by atoms with Gasteiger partial charge in [0.25, 0.3) is 0 Å². The van der Waals surface area contributed by atoms with Gasteiger partial charge in [-0.25, -0.2) is 4.79 Å². The number of hydrogen-bond acceptors (Lipinski definition) is 8. The van der Waals surface area contributed by atoms with Crippen LogP contribution >= 0.6 is 34.4 Å². The molecule has 0 bridgehead atoms. The number of phenolic OH excluding ortho intramolecular Hbond substituents is 1. The maximum absolute atomic E-state index is 12.0. The summed E-state index contributed by atoms with van der Waals surface area (Å²) >= 11 is 2.94. The minimum Gasteiger partial charge on any atom is -0.504 e. The van der Waals surface area contributed by atoms with Crippen molar-refractivity contribution in [3.05, 3.63) is 44.4 Å². The number of hydrogen-bond donors (Lipinski definition) is 2. The van der Waals surface area contributed by atoms with Crippen molar-refractivity contribution in [1.29, 1.82) is 0 Å². The zero-order valence-corrected chi connectivity index (χ0v) is 21.3. The Hall–Kier alpha value is -2.93. The molecule has 3 rings (SSSR count). The van der Waals surface area contributed by atoms with Crippen molar-refractivity contribution in [1.82, 2.24) is 14.8 Å². The molecule has 1 aromatic heterocycles. The Balaban J connectivity index is 2.02.